The van der Waals surface area contributed by atoms with Gasteiger partial charge < -0.3 is 15.0 Å². The molecule has 2 heterocycles. The highest BCUT2D eigenvalue weighted by Gasteiger charge is 2.29. The van der Waals surface area contributed by atoms with Crippen LogP contribution >= 0.6 is 0 Å². The number of carbonyl (C=O) groups excluding carboxylic acids is 1. The number of ether oxygens (including phenoxy) is 1. The van der Waals surface area contributed by atoms with Gasteiger partial charge in [0, 0.05) is 32.7 Å². The van der Waals surface area contributed by atoms with Gasteiger partial charge in [-0.2, -0.15) is 0 Å². The molecule has 0 aromatic rings. The average Bonchev–Trinajstić information content (AvgIpc) is 2.39. The van der Waals surface area contributed by atoms with Crippen molar-refractivity contribution in [2.45, 2.75) is 12.5 Å². The predicted octanol–water partition coefficient (Wildman–Crippen LogP) is -0.616. The number of morpholine rings is 1. The van der Waals surface area contributed by atoms with Gasteiger partial charge in [0.25, 0.3) is 6.43 Å². The van der Waals surface area contributed by atoms with Gasteiger partial charge in [-0.3, -0.25) is 9.69 Å². The van der Waals surface area contributed by atoms with Crippen LogP contribution in [-0.2, 0) is 9.53 Å². The minimum Gasteiger partial charge on any atom is -0.378 e. The summed E-state index contributed by atoms with van der Waals surface area (Å²) in [6, 6.07) is -0.277. The Hall–Kier alpha value is -0.790. The van der Waals surface area contributed by atoms with Gasteiger partial charge in [-0.15, -0.1) is 0 Å². The Kier molecular flexibility index (Phi) is 4.85. The Labute approximate surface area is 105 Å². The average molecular weight is 263 g/mol. The van der Waals surface area contributed by atoms with Crippen LogP contribution in [0.1, 0.15) is 0 Å². The standard InChI is InChI=1S/C11H19F2N3O2/c12-10(13)7-15-2-4-16(5-3-15)11(17)9-8-18-6-1-14-9/h9-10,14H,1-8H2. The van der Waals surface area contributed by atoms with E-state index in [2.05, 4.69) is 5.32 Å². The van der Waals surface area contributed by atoms with Crippen LogP contribution in [0.4, 0.5) is 8.78 Å². The fraction of sp³-hybridized carbons (Fsp3) is 0.909. The first-order valence-corrected chi connectivity index (χ1v) is 6.27. The van der Waals surface area contributed by atoms with Crippen molar-refractivity contribution < 1.29 is 18.3 Å². The molecule has 7 heteroatoms. The molecular weight excluding hydrogens is 244 g/mol. The second-order valence-corrected chi connectivity index (χ2v) is 4.60. The van der Waals surface area contributed by atoms with Gasteiger partial charge in [0.05, 0.1) is 19.8 Å². The fourth-order valence-corrected chi connectivity index (χ4v) is 2.29. The van der Waals surface area contributed by atoms with Crippen LogP contribution in [-0.4, -0.2) is 80.7 Å². The van der Waals surface area contributed by atoms with E-state index in [-0.39, 0.29) is 18.5 Å². The number of hydrogen-bond acceptors (Lipinski definition) is 4. The quantitative estimate of drug-likeness (QED) is 0.737. The second-order valence-electron chi connectivity index (χ2n) is 4.60. The Morgan fingerprint density at radius 2 is 2.06 bits per heavy atom. The third kappa shape index (κ3) is 3.60. The Morgan fingerprint density at radius 1 is 1.33 bits per heavy atom. The maximum atomic E-state index is 12.2. The maximum Gasteiger partial charge on any atom is 0.251 e. The lowest BCUT2D eigenvalue weighted by molar-refractivity contribution is -0.138. The minimum atomic E-state index is -2.30. The van der Waals surface area contributed by atoms with Crippen molar-refractivity contribution in [2.24, 2.45) is 0 Å². The molecule has 0 aromatic heterocycles. The molecule has 2 aliphatic heterocycles. The topological polar surface area (TPSA) is 44.8 Å². The zero-order valence-corrected chi connectivity index (χ0v) is 10.3. The van der Waals surface area contributed by atoms with Gasteiger partial charge in [-0.25, -0.2) is 8.78 Å². The van der Waals surface area contributed by atoms with Crippen LogP contribution in [0.2, 0.25) is 0 Å². The van der Waals surface area contributed by atoms with Crippen molar-refractivity contribution in [2.75, 3.05) is 52.5 Å². The molecule has 1 unspecified atom stereocenters. The van der Waals surface area contributed by atoms with E-state index >= 15 is 0 Å². The maximum absolute atomic E-state index is 12.2. The summed E-state index contributed by atoms with van der Waals surface area (Å²) in [6.07, 6.45) is -2.30. The third-order valence-corrected chi connectivity index (χ3v) is 3.30. The van der Waals surface area contributed by atoms with Crippen LogP contribution in [0.15, 0.2) is 0 Å². The zero-order valence-electron chi connectivity index (χ0n) is 10.3. The molecule has 0 bridgehead atoms. The van der Waals surface area contributed by atoms with Crippen LogP contribution in [0.5, 0.6) is 0 Å². The van der Waals surface area contributed by atoms with E-state index in [1.165, 1.54) is 0 Å². The molecule has 5 nitrogen and oxygen atoms in total. The molecule has 0 aromatic carbocycles. The van der Waals surface area contributed by atoms with E-state index in [4.69, 9.17) is 4.74 Å². The number of carbonyl (C=O) groups is 1. The van der Waals surface area contributed by atoms with E-state index in [1.807, 2.05) is 0 Å². The van der Waals surface area contributed by atoms with Gasteiger partial charge in [0.1, 0.15) is 6.04 Å². The molecule has 18 heavy (non-hydrogen) atoms. The lowest BCUT2D eigenvalue weighted by Crippen LogP contribution is -2.57. The number of amides is 1. The van der Waals surface area contributed by atoms with E-state index in [9.17, 15) is 13.6 Å². The summed E-state index contributed by atoms with van der Waals surface area (Å²) in [5.74, 6) is 0.0198. The van der Waals surface area contributed by atoms with E-state index < -0.39 is 6.43 Å². The van der Waals surface area contributed by atoms with Crippen molar-refractivity contribution in [3.8, 4) is 0 Å². The highest BCUT2D eigenvalue weighted by molar-refractivity contribution is 5.82. The molecule has 104 valence electrons. The monoisotopic (exact) mass is 263 g/mol. The third-order valence-electron chi connectivity index (χ3n) is 3.30. The van der Waals surface area contributed by atoms with Crippen LogP contribution in [0.3, 0.4) is 0 Å². The highest BCUT2D eigenvalue weighted by atomic mass is 19.3. The van der Waals surface area contributed by atoms with Crippen LogP contribution < -0.4 is 5.32 Å². The van der Waals surface area contributed by atoms with Crippen molar-refractivity contribution in [3.05, 3.63) is 0 Å². The summed E-state index contributed by atoms with van der Waals surface area (Å²) in [5, 5.41) is 3.11. The summed E-state index contributed by atoms with van der Waals surface area (Å²) in [4.78, 5) is 15.5. The van der Waals surface area contributed by atoms with Gasteiger partial charge in [-0.1, -0.05) is 0 Å². The number of alkyl halides is 2. The first-order chi connectivity index (χ1) is 8.66. The first kappa shape index (κ1) is 13.6. The van der Waals surface area contributed by atoms with Crippen molar-refractivity contribution in [1.82, 2.24) is 15.1 Å². The smallest absolute Gasteiger partial charge is 0.251 e. The van der Waals surface area contributed by atoms with Gasteiger partial charge >= 0.3 is 0 Å². The van der Waals surface area contributed by atoms with Crippen molar-refractivity contribution in [3.63, 3.8) is 0 Å². The first-order valence-electron chi connectivity index (χ1n) is 6.27. The molecule has 1 N–H and O–H groups in total. The molecule has 2 fully saturated rings. The Balaban J connectivity index is 1.76. The van der Waals surface area contributed by atoms with Gasteiger partial charge in [0.2, 0.25) is 5.91 Å². The normalized spacial score (nSPS) is 26.6. The van der Waals surface area contributed by atoms with E-state index in [0.717, 1.165) is 0 Å². The number of piperazine rings is 1. The molecule has 0 aliphatic carbocycles. The Bertz CT molecular complexity index is 277. The summed E-state index contributed by atoms with van der Waals surface area (Å²) >= 11 is 0. The predicted molar refractivity (Wildman–Crippen MR) is 61.6 cm³/mol. The molecule has 2 saturated heterocycles. The SMILES string of the molecule is O=C(C1COCCN1)N1CCN(CC(F)F)CC1. The fourth-order valence-electron chi connectivity index (χ4n) is 2.29. The number of nitrogens with zero attached hydrogens (tertiary/aromatic N) is 2. The second kappa shape index (κ2) is 6.40. The molecule has 0 saturated carbocycles. The van der Waals surface area contributed by atoms with Gasteiger partial charge in [-0.05, 0) is 0 Å². The lowest BCUT2D eigenvalue weighted by atomic mass is 10.2. The number of rotatable bonds is 3. The lowest BCUT2D eigenvalue weighted by Gasteiger charge is -2.37. The molecule has 1 amide bonds. The Morgan fingerprint density at radius 3 is 2.61 bits per heavy atom. The molecule has 0 radical (unpaired) electrons. The van der Waals surface area contributed by atoms with E-state index in [0.29, 0.717) is 45.9 Å². The van der Waals surface area contributed by atoms with Crippen LogP contribution in [0, 0.1) is 0 Å². The highest BCUT2D eigenvalue weighted by Crippen LogP contribution is 2.07. The molecular formula is C11H19F2N3O2. The van der Waals surface area contributed by atoms with Crippen LogP contribution in [0.25, 0.3) is 0 Å². The van der Waals surface area contributed by atoms with E-state index in [1.54, 1.807) is 9.80 Å². The number of halogens is 2. The number of nitrogens with one attached hydrogen (secondary N) is 1. The zero-order chi connectivity index (χ0) is 13.0. The summed E-state index contributed by atoms with van der Waals surface area (Å²) in [6.45, 7) is 3.58. The molecule has 2 rings (SSSR count). The van der Waals surface area contributed by atoms with Crippen molar-refractivity contribution >= 4 is 5.91 Å². The summed E-state index contributed by atoms with van der Waals surface area (Å²) < 4.78 is 29.7. The number of hydrogen-bond donors (Lipinski definition) is 1. The minimum absolute atomic E-state index is 0.0198. The van der Waals surface area contributed by atoms with Gasteiger partial charge in [0.15, 0.2) is 0 Å². The van der Waals surface area contributed by atoms with Crippen molar-refractivity contribution in [1.29, 1.82) is 0 Å². The molecule has 0 spiro atoms. The molecule has 1 atom stereocenters. The largest absolute Gasteiger partial charge is 0.378 e. The summed E-state index contributed by atoms with van der Waals surface area (Å²) in [7, 11) is 0. The molecule has 2 aliphatic rings. The summed E-state index contributed by atoms with van der Waals surface area (Å²) in [5.41, 5.74) is 0.